The van der Waals surface area contributed by atoms with E-state index in [0.717, 1.165) is 36.8 Å². The number of esters is 2. The van der Waals surface area contributed by atoms with Crippen molar-refractivity contribution in [1.82, 2.24) is 9.80 Å². The van der Waals surface area contributed by atoms with Crippen LogP contribution in [0.15, 0.2) is 60.7 Å². The summed E-state index contributed by atoms with van der Waals surface area (Å²) in [7, 11) is 4.42. The highest BCUT2D eigenvalue weighted by atomic mass is 16.6. The Kier molecular flexibility index (Phi) is 11.6. The Labute approximate surface area is 291 Å². The molecule has 2 aromatic carbocycles. The van der Waals surface area contributed by atoms with Crippen molar-refractivity contribution in [3.63, 3.8) is 0 Å². The Morgan fingerprint density at radius 1 is 0.646 bits per heavy atom. The van der Waals surface area contributed by atoms with Gasteiger partial charge in [-0.3, -0.25) is 19.4 Å². The van der Waals surface area contributed by atoms with E-state index in [9.17, 15) is 9.59 Å². The molecule has 6 heteroatoms. The Morgan fingerprint density at radius 2 is 0.979 bits per heavy atom. The molecule has 2 heterocycles. The number of likely N-dealkylation sites (tertiary alicyclic amines) is 2. The lowest BCUT2D eigenvalue weighted by Gasteiger charge is -2.59. The summed E-state index contributed by atoms with van der Waals surface area (Å²) in [5.41, 5.74) is 1.17. The summed E-state index contributed by atoms with van der Waals surface area (Å²) in [6.07, 6.45) is 4.47. The third-order valence-corrected chi connectivity index (χ3v) is 14.2. The van der Waals surface area contributed by atoms with Crippen LogP contribution in [0.3, 0.4) is 0 Å². The molecule has 2 fully saturated rings. The molecule has 266 valence electrons. The summed E-state index contributed by atoms with van der Waals surface area (Å²) in [5.74, 6) is -2.55. The largest absolute Gasteiger partial charge is 0.461 e. The highest BCUT2D eigenvalue weighted by Gasteiger charge is 2.55. The number of piperidine rings is 2. The van der Waals surface area contributed by atoms with E-state index in [1.807, 2.05) is 60.7 Å². The minimum absolute atomic E-state index is 0.0732. The van der Waals surface area contributed by atoms with Crippen LogP contribution < -0.4 is 0 Å². The molecule has 2 aromatic rings. The smallest absolute Gasteiger partial charge is 0.321 e. The van der Waals surface area contributed by atoms with E-state index in [2.05, 4.69) is 93.1 Å². The second-order valence-corrected chi connectivity index (χ2v) is 16.0. The van der Waals surface area contributed by atoms with E-state index in [1.54, 1.807) is 0 Å². The van der Waals surface area contributed by atoms with Gasteiger partial charge in [0.1, 0.15) is 12.2 Å². The molecule has 0 N–H and O–H groups in total. The van der Waals surface area contributed by atoms with E-state index < -0.39 is 23.8 Å². The monoisotopic (exact) mass is 660 g/mol. The molecule has 6 nitrogen and oxygen atoms in total. The van der Waals surface area contributed by atoms with E-state index in [-0.39, 0.29) is 46.2 Å². The van der Waals surface area contributed by atoms with Crippen LogP contribution in [0.5, 0.6) is 0 Å². The first-order valence-electron chi connectivity index (χ1n) is 18.6. The number of rotatable bonds is 11. The summed E-state index contributed by atoms with van der Waals surface area (Å²) < 4.78 is 13.3. The fourth-order valence-corrected chi connectivity index (χ4v) is 9.02. The maximum absolute atomic E-state index is 14.9. The summed E-state index contributed by atoms with van der Waals surface area (Å²) >= 11 is 0. The third-order valence-electron chi connectivity index (χ3n) is 14.2. The molecule has 2 aliphatic rings. The van der Waals surface area contributed by atoms with Crippen LogP contribution in [-0.4, -0.2) is 70.2 Å². The van der Waals surface area contributed by atoms with Gasteiger partial charge in [-0.15, -0.1) is 0 Å². The Bertz CT molecular complexity index is 1280. The van der Waals surface area contributed by atoms with Crippen LogP contribution in [-0.2, 0) is 19.1 Å². The zero-order valence-corrected chi connectivity index (χ0v) is 32.0. The van der Waals surface area contributed by atoms with Gasteiger partial charge in [0.15, 0.2) is 5.92 Å². The Balaban J connectivity index is 1.80. The molecule has 4 rings (SSSR count). The standard InChI is InChI=1S/C42H64N2O4/c1-13-39(7)27-33(29(5)41(9,15-3)43(39)11)47-37(45)36(35(31-23-19-17-20-24-31)32-25-21-18-22-26-32)38(46)48-34-28-40(8,14-2)44(12)42(10,16-4)30(34)6/h17-26,29-30,33-36H,13-16,27-28H2,1-12H3. The van der Waals surface area contributed by atoms with Crippen molar-refractivity contribution in [3.8, 4) is 0 Å². The molecule has 2 saturated heterocycles. The summed E-state index contributed by atoms with van der Waals surface area (Å²) in [5, 5.41) is 0. The van der Waals surface area contributed by atoms with Crippen molar-refractivity contribution in [2.45, 2.75) is 148 Å². The number of benzene rings is 2. The zero-order chi connectivity index (χ0) is 35.7. The second kappa shape index (κ2) is 14.6. The SMILES string of the molecule is CCC1(C)CC(OC(=O)C(C(=O)OC2CC(C)(CC)N(C)C(C)(CC)C2C)C(c2ccccc2)c2ccccc2)C(C)C(C)(CC)N1C. The molecule has 0 amide bonds. The zero-order valence-electron chi connectivity index (χ0n) is 32.0. The number of carbonyl (C=O) groups excluding carboxylic acids is 2. The van der Waals surface area contributed by atoms with Crippen molar-refractivity contribution in [2.75, 3.05) is 14.1 Å². The second-order valence-electron chi connectivity index (χ2n) is 16.0. The summed E-state index contributed by atoms with van der Waals surface area (Å²) in [4.78, 5) is 34.7. The van der Waals surface area contributed by atoms with Gasteiger partial charge in [0.05, 0.1) is 0 Å². The molecule has 8 atom stereocenters. The first-order valence-corrected chi connectivity index (χ1v) is 18.6. The quantitative estimate of drug-likeness (QED) is 0.177. The van der Waals surface area contributed by atoms with Gasteiger partial charge < -0.3 is 9.47 Å². The lowest BCUT2D eigenvalue weighted by Crippen LogP contribution is -2.67. The minimum atomic E-state index is -1.16. The number of carbonyl (C=O) groups is 2. The highest BCUT2D eigenvalue weighted by Crippen LogP contribution is 2.48. The van der Waals surface area contributed by atoms with Crippen LogP contribution in [0, 0.1) is 17.8 Å². The third kappa shape index (κ3) is 6.73. The van der Waals surface area contributed by atoms with Gasteiger partial charge in [0.25, 0.3) is 0 Å². The molecule has 48 heavy (non-hydrogen) atoms. The lowest BCUT2D eigenvalue weighted by molar-refractivity contribution is -0.189. The molecular weight excluding hydrogens is 596 g/mol. The van der Waals surface area contributed by atoms with Crippen LogP contribution in [0.1, 0.15) is 125 Å². The van der Waals surface area contributed by atoms with Crippen molar-refractivity contribution in [2.24, 2.45) is 17.8 Å². The molecule has 0 saturated carbocycles. The van der Waals surface area contributed by atoms with E-state index in [1.165, 1.54) is 0 Å². The van der Waals surface area contributed by atoms with Gasteiger partial charge >= 0.3 is 11.9 Å². The first kappa shape index (κ1) is 38.1. The normalized spacial score (nSPS) is 35.3. The van der Waals surface area contributed by atoms with Crippen LogP contribution in [0.4, 0.5) is 0 Å². The molecule has 0 bridgehead atoms. The number of hydrogen-bond acceptors (Lipinski definition) is 6. The van der Waals surface area contributed by atoms with Gasteiger partial charge in [-0.2, -0.15) is 0 Å². The highest BCUT2D eigenvalue weighted by molar-refractivity contribution is 5.97. The minimum Gasteiger partial charge on any atom is -0.461 e. The topological polar surface area (TPSA) is 59.1 Å². The van der Waals surface area contributed by atoms with Gasteiger partial charge in [0, 0.05) is 52.8 Å². The Hall–Kier alpha value is -2.70. The average molecular weight is 661 g/mol. The first-order chi connectivity index (χ1) is 22.6. The molecule has 8 unspecified atom stereocenters. The van der Waals surface area contributed by atoms with Crippen molar-refractivity contribution < 1.29 is 19.1 Å². The Morgan fingerprint density at radius 3 is 1.27 bits per heavy atom. The van der Waals surface area contributed by atoms with Gasteiger partial charge in [0.2, 0.25) is 0 Å². The molecule has 0 aromatic heterocycles. The summed E-state index contributed by atoms with van der Waals surface area (Å²) in [6, 6.07) is 19.8. The molecule has 0 aliphatic carbocycles. The van der Waals surface area contributed by atoms with Crippen LogP contribution in [0.2, 0.25) is 0 Å². The number of ether oxygens (including phenoxy) is 2. The fourth-order valence-electron chi connectivity index (χ4n) is 9.02. The van der Waals surface area contributed by atoms with E-state index in [0.29, 0.717) is 12.8 Å². The van der Waals surface area contributed by atoms with Gasteiger partial charge in [-0.1, -0.05) is 102 Å². The molecular formula is C42H64N2O4. The molecule has 2 aliphatic heterocycles. The molecule has 0 radical (unpaired) electrons. The predicted molar refractivity (Wildman–Crippen MR) is 196 cm³/mol. The lowest BCUT2D eigenvalue weighted by atomic mass is 9.68. The van der Waals surface area contributed by atoms with Crippen LogP contribution in [0.25, 0.3) is 0 Å². The number of nitrogens with zero attached hydrogens (tertiary/aromatic N) is 2. The van der Waals surface area contributed by atoms with Gasteiger partial charge in [-0.05, 0) is 78.6 Å². The maximum atomic E-state index is 14.9. The van der Waals surface area contributed by atoms with Crippen LogP contribution >= 0.6 is 0 Å². The summed E-state index contributed by atoms with van der Waals surface area (Å²) in [6.45, 7) is 22.3. The van der Waals surface area contributed by atoms with E-state index >= 15 is 0 Å². The predicted octanol–water partition coefficient (Wildman–Crippen LogP) is 8.88. The fraction of sp³-hybridized carbons (Fsp3) is 0.667. The molecule has 0 spiro atoms. The van der Waals surface area contributed by atoms with Crippen molar-refractivity contribution in [3.05, 3.63) is 71.8 Å². The van der Waals surface area contributed by atoms with Crippen molar-refractivity contribution >= 4 is 11.9 Å². The average Bonchev–Trinajstić information content (AvgIpc) is 3.10. The van der Waals surface area contributed by atoms with Crippen molar-refractivity contribution in [1.29, 1.82) is 0 Å². The maximum Gasteiger partial charge on any atom is 0.321 e. The number of hydrogen-bond donors (Lipinski definition) is 0. The van der Waals surface area contributed by atoms with E-state index in [4.69, 9.17) is 9.47 Å². The van der Waals surface area contributed by atoms with Gasteiger partial charge in [-0.25, -0.2) is 0 Å².